The first-order valence-corrected chi connectivity index (χ1v) is 8.04. The van der Waals surface area contributed by atoms with E-state index in [1.807, 2.05) is 37.3 Å². The molecule has 3 rings (SSSR count). The number of ether oxygens (including phenoxy) is 1. The number of nitrogens with zero attached hydrogens (tertiary/aromatic N) is 2. The second-order valence-electron chi connectivity index (χ2n) is 6.07. The standard InChI is InChI=1S/C18H24N2O2/c1-14-17(13-20(2)12-16-10-6-7-11-21-16)19-18(22-14)15-8-4-3-5-9-15/h3-5,8-9,16H,6-7,10-13H2,1-2H3. The maximum Gasteiger partial charge on any atom is 0.226 e. The van der Waals surface area contributed by atoms with Gasteiger partial charge in [0.2, 0.25) is 5.89 Å². The number of hydrogen-bond acceptors (Lipinski definition) is 4. The van der Waals surface area contributed by atoms with Crippen molar-refractivity contribution in [3.8, 4) is 11.5 Å². The van der Waals surface area contributed by atoms with Gasteiger partial charge in [-0.25, -0.2) is 4.98 Å². The van der Waals surface area contributed by atoms with E-state index < -0.39 is 0 Å². The highest BCUT2D eigenvalue weighted by atomic mass is 16.5. The highest BCUT2D eigenvalue weighted by Gasteiger charge is 2.18. The predicted molar refractivity (Wildman–Crippen MR) is 86.6 cm³/mol. The van der Waals surface area contributed by atoms with Crippen molar-refractivity contribution in [2.75, 3.05) is 20.2 Å². The third kappa shape index (κ3) is 3.76. The van der Waals surface area contributed by atoms with E-state index in [2.05, 4.69) is 16.9 Å². The Hall–Kier alpha value is -1.65. The van der Waals surface area contributed by atoms with Gasteiger partial charge in [0.05, 0.1) is 11.8 Å². The van der Waals surface area contributed by atoms with E-state index in [4.69, 9.17) is 9.15 Å². The lowest BCUT2D eigenvalue weighted by molar-refractivity contribution is -0.00278. The third-order valence-corrected chi connectivity index (χ3v) is 4.12. The summed E-state index contributed by atoms with van der Waals surface area (Å²) in [6.07, 6.45) is 4.00. The van der Waals surface area contributed by atoms with Crippen molar-refractivity contribution in [3.05, 3.63) is 41.8 Å². The molecule has 1 atom stereocenters. The van der Waals surface area contributed by atoms with E-state index in [0.29, 0.717) is 12.0 Å². The molecule has 1 unspecified atom stereocenters. The van der Waals surface area contributed by atoms with Gasteiger partial charge in [-0.3, -0.25) is 4.90 Å². The molecule has 1 fully saturated rings. The largest absolute Gasteiger partial charge is 0.441 e. The van der Waals surface area contributed by atoms with Gasteiger partial charge >= 0.3 is 0 Å². The van der Waals surface area contributed by atoms with E-state index >= 15 is 0 Å². The summed E-state index contributed by atoms with van der Waals surface area (Å²) in [4.78, 5) is 6.94. The van der Waals surface area contributed by atoms with Crippen LogP contribution in [0, 0.1) is 6.92 Å². The smallest absolute Gasteiger partial charge is 0.226 e. The third-order valence-electron chi connectivity index (χ3n) is 4.12. The fourth-order valence-corrected chi connectivity index (χ4v) is 2.90. The molecule has 1 saturated heterocycles. The first-order chi connectivity index (χ1) is 10.7. The van der Waals surface area contributed by atoms with Gasteiger partial charge in [0.1, 0.15) is 5.76 Å². The number of benzene rings is 1. The molecule has 1 aromatic carbocycles. The molecule has 22 heavy (non-hydrogen) atoms. The summed E-state index contributed by atoms with van der Waals surface area (Å²) in [6.45, 7) is 4.63. The summed E-state index contributed by atoms with van der Waals surface area (Å²) in [7, 11) is 2.12. The normalized spacial score (nSPS) is 18.8. The van der Waals surface area contributed by atoms with Gasteiger partial charge < -0.3 is 9.15 Å². The van der Waals surface area contributed by atoms with Crippen LogP contribution >= 0.6 is 0 Å². The molecule has 1 aromatic heterocycles. The van der Waals surface area contributed by atoms with Crippen molar-refractivity contribution in [1.82, 2.24) is 9.88 Å². The van der Waals surface area contributed by atoms with E-state index in [1.54, 1.807) is 0 Å². The van der Waals surface area contributed by atoms with Crippen LogP contribution in [-0.2, 0) is 11.3 Å². The Morgan fingerprint density at radius 3 is 2.77 bits per heavy atom. The molecule has 4 nitrogen and oxygen atoms in total. The molecule has 118 valence electrons. The van der Waals surface area contributed by atoms with Crippen LogP contribution in [0.15, 0.2) is 34.7 Å². The molecule has 0 bridgehead atoms. The lowest BCUT2D eigenvalue weighted by Gasteiger charge is -2.27. The zero-order chi connectivity index (χ0) is 15.4. The molecule has 4 heteroatoms. The topological polar surface area (TPSA) is 38.5 Å². The van der Waals surface area contributed by atoms with Gasteiger partial charge in [-0.05, 0) is 45.4 Å². The molecule has 0 radical (unpaired) electrons. The van der Waals surface area contributed by atoms with Crippen LogP contribution in [0.3, 0.4) is 0 Å². The molecule has 0 saturated carbocycles. The zero-order valence-corrected chi connectivity index (χ0v) is 13.4. The van der Waals surface area contributed by atoms with Gasteiger partial charge in [0.25, 0.3) is 0 Å². The van der Waals surface area contributed by atoms with E-state index in [9.17, 15) is 0 Å². The maximum atomic E-state index is 5.82. The number of oxazole rings is 1. The SMILES string of the molecule is Cc1oc(-c2ccccc2)nc1CN(C)CC1CCCCO1. The Morgan fingerprint density at radius 1 is 1.23 bits per heavy atom. The lowest BCUT2D eigenvalue weighted by atomic mass is 10.1. The van der Waals surface area contributed by atoms with Gasteiger partial charge in [0.15, 0.2) is 0 Å². The molecule has 1 aliphatic heterocycles. The predicted octanol–water partition coefficient (Wildman–Crippen LogP) is 3.65. The Labute approximate surface area is 132 Å². The molecule has 0 aliphatic carbocycles. The van der Waals surface area contributed by atoms with Crippen molar-refractivity contribution in [3.63, 3.8) is 0 Å². The summed E-state index contributed by atoms with van der Waals surface area (Å²) >= 11 is 0. The molecule has 0 spiro atoms. The fraction of sp³-hybridized carbons (Fsp3) is 0.500. The number of aryl methyl sites for hydroxylation is 1. The number of aromatic nitrogens is 1. The van der Waals surface area contributed by atoms with Crippen LogP contribution in [0.1, 0.15) is 30.7 Å². The Bertz CT molecular complexity index is 588. The van der Waals surface area contributed by atoms with Gasteiger partial charge in [0, 0.05) is 25.3 Å². The fourth-order valence-electron chi connectivity index (χ4n) is 2.90. The van der Waals surface area contributed by atoms with Crippen molar-refractivity contribution in [2.24, 2.45) is 0 Å². The second kappa shape index (κ2) is 7.07. The molecule has 2 aromatic rings. The Balaban J connectivity index is 1.63. The summed E-state index contributed by atoms with van der Waals surface area (Å²) in [5.41, 5.74) is 2.03. The van der Waals surface area contributed by atoms with Crippen LogP contribution in [0.25, 0.3) is 11.5 Å². The maximum absolute atomic E-state index is 5.82. The monoisotopic (exact) mass is 300 g/mol. The van der Waals surface area contributed by atoms with E-state index in [-0.39, 0.29) is 0 Å². The van der Waals surface area contributed by atoms with Crippen molar-refractivity contribution >= 4 is 0 Å². The van der Waals surface area contributed by atoms with Crippen LogP contribution in [-0.4, -0.2) is 36.2 Å². The summed E-state index contributed by atoms with van der Waals surface area (Å²) in [5, 5.41) is 0. The molecule has 2 heterocycles. The molecule has 0 amide bonds. The zero-order valence-electron chi connectivity index (χ0n) is 13.4. The molecular weight excluding hydrogens is 276 g/mol. The molecule has 1 aliphatic rings. The average Bonchev–Trinajstić information content (AvgIpc) is 2.90. The lowest BCUT2D eigenvalue weighted by Crippen LogP contribution is -2.33. The first-order valence-electron chi connectivity index (χ1n) is 8.04. The summed E-state index contributed by atoms with van der Waals surface area (Å²) < 4.78 is 11.6. The van der Waals surface area contributed by atoms with Crippen molar-refractivity contribution < 1.29 is 9.15 Å². The highest BCUT2D eigenvalue weighted by molar-refractivity contribution is 5.53. The number of rotatable bonds is 5. The Kier molecular flexibility index (Phi) is 4.90. The van der Waals surface area contributed by atoms with Gasteiger partial charge in [-0.2, -0.15) is 0 Å². The highest BCUT2D eigenvalue weighted by Crippen LogP contribution is 2.22. The van der Waals surface area contributed by atoms with Crippen molar-refractivity contribution in [2.45, 2.75) is 38.8 Å². The van der Waals surface area contributed by atoms with Crippen molar-refractivity contribution in [1.29, 1.82) is 0 Å². The second-order valence-corrected chi connectivity index (χ2v) is 6.07. The number of likely N-dealkylation sites (N-methyl/N-ethyl adjacent to an activating group) is 1. The van der Waals surface area contributed by atoms with Gasteiger partial charge in [-0.1, -0.05) is 18.2 Å². The summed E-state index contributed by atoms with van der Waals surface area (Å²) in [6, 6.07) is 10.0. The van der Waals surface area contributed by atoms with Crippen LogP contribution in [0.4, 0.5) is 0 Å². The van der Waals surface area contributed by atoms with Crippen LogP contribution in [0.2, 0.25) is 0 Å². The minimum Gasteiger partial charge on any atom is -0.441 e. The molecule has 0 N–H and O–H groups in total. The first kappa shape index (κ1) is 15.3. The van der Waals surface area contributed by atoms with Crippen LogP contribution < -0.4 is 0 Å². The average molecular weight is 300 g/mol. The summed E-state index contributed by atoms with van der Waals surface area (Å²) in [5.74, 6) is 1.60. The minimum atomic E-state index is 0.361. The quantitative estimate of drug-likeness (QED) is 0.845. The van der Waals surface area contributed by atoms with E-state index in [1.165, 1.54) is 12.8 Å². The van der Waals surface area contributed by atoms with Gasteiger partial charge in [-0.15, -0.1) is 0 Å². The Morgan fingerprint density at radius 2 is 2.05 bits per heavy atom. The minimum absolute atomic E-state index is 0.361. The van der Waals surface area contributed by atoms with Crippen LogP contribution in [0.5, 0.6) is 0 Å². The number of hydrogen-bond donors (Lipinski definition) is 0. The van der Waals surface area contributed by atoms with E-state index in [0.717, 1.165) is 43.1 Å². The molecular formula is C18H24N2O2.